The molecule has 0 saturated heterocycles. The summed E-state index contributed by atoms with van der Waals surface area (Å²) in [5.41, 5.74) is 2.45. The molecule has 7 nitrogen and oxygen atoms in total. The van der Waals surface area contributed by atoms with Crippen molar-refractivity contribution in [3.05, 3.63) is 58.1 Å². The van der Waals surface area contributed by atoms with Crippen LogP contribution in [0.25, 0.3) is 0 Å². The maximum Gasteiger partial charge on any atom is 0.251 e. The van der Waals surface area contributed by atoms with E-state index in [1.807, 2.05) is 24.3 Å². The lowest BCUT2D eigenvalue weighted by Gasteiger charge is -2.20. The number of amides is 1. The van der Waals surface area contributed by atoms with E-state index in [-0.39, 0.29) is 5.91 Å². The number of halogens is 1. The summed E-state index contributed by atoms with van der Waals surface area (Å²) in [6.45, 7) is 1.75. The minimum atomic E-state index is -3.19. The summed E-state index contributed by atoms with van der Waals surface area (Å²) < 4.78 is 35.7. The van der Waals surface area contributed by atoms with Crippen molar-refractivity contribution in [2.24, 2.45) is 0 Å². The number of benzene rings is 2. The summed E-state index contributed by atoms with van der Waals surface area (Å²) >= 11 is 6.23. The van der Waals surface area contributed by atoms with Crippen molar-refractivity contribution < 1.29 is 22.7 Å². The van der Waals surface area contributed by atoms with Crippen LogP contribution in [0.3, 0.4) is 0 Å². The maximum absolute atomic E-state index is 12.3. The highest BCUT2D eigenvalue weighted by molar-refractivity contribution is 7.88. The van der Waals surface area contributed by atoms with Gasteiger partial charge in [-0.1, -0.05) is 23.7 Å². The molecule has 0 aliphatic carbocycles. The number of ether oxygens (including phenoxy) is 2. The lowest BCUT2D eigenvalue weighted by Crippen LogP contribution is -2.26. The minimum absolute atomic E-state index is 0.172. The van der Waals surface area contributed by atoms with E-state index < -0.39 is 10.0 Å². The van der Waals surface area contributed by atoms with Gasteiger partial charge in [-0.25, -0.2) is 13.1 Å². The van der Waals surface area contributed by atoms with Crippen LogP contribution in [0.4, 0.5) is 0 Å². The molecule has 29 heavy (non-hydrogen) atoms. The van der Waals surface area contributed by atoms with Crippen molar-refractivity contribution in [2.75, 3.05) is 32.6 Å². The number of carbonyl (C=O) groups excluding carboxylic acids is 1. The molecule has 0 radical (unpaired) electrons. The smallest absolute Gasteiger partial charge is 0.251 e. The predicted molar refractivity (Wildman–Crippen MR) is 111 cm³/mol. The van der Waals surface area contributed by atoms with Crippen LogP contribution in [0.2, 0.25) is 5.02 Å². The number of hydrogen-bond acceptors (Lipinski definition) is 5. The van der Waals surface area contributed by atoms with Gasteiger partial charge >= 0.3 is 0 Å². The SMILES string of the molecule is CS(=O)(=O)NCCc1ccc(C(=O)NCCc2cc(Cl)c3c(c2)OCCO3)cc1. The second-order valence-corrected chi connectivity index (χ2v) is 8.96. The number of fused-ring (bicyclic) bond motifs is 1. The van der Waals surface area contributed by atoms with Gasteiger partial charge in [0.1, 0.15) is 13.2 Å². The number of rotatable bonds is 8. The molecule has 0 fully saturated rings. The Kier molecular flexibility index (Phi) is 7.00. The zero-order valence-corrected chi connectivity index (χ0v) is 17.6. The molecule has 0 unspecified atom stereocenters. The van der Waals surface area contributed by atoms with Gasteiger partial charge in [-0.15, -0.1) is 0 Å². The first kappa shape index (κ1) is 21.4. The predicted octanol–water partition coefficient (Wildman–Crippen LogP) is 2.18. The van der Waals surface area contributed by atoms with Gasteiger partial charge in [0, 0.05) is 18.7 Å². The summed E-state index contributed by atoms with van der Waals surface area (Å²) in [4.78, 5) is 12.3. The topological polar surface area (TPSA) is 93.7 Å². The molecule has 1 aliphatic heterocycles. The first-order valence-electron chi connectivity index (χ1n) is 9.21. The molecule has 2 N–H and O–H groups in total. The highest BCUT2D eigenvalue weighted by atomic mass is 35.5. The molecular weight excluding hydrogens is 416 g/mol. The third kappa shape index (κ3) is 6.35. The molecule has 0 bridgehead atoms. The molecule has 0 atom stereocenters. The van der Waals surface area contributed by atoms with E-state index in [0.717, 1.165) is 17.4 Å². The van der Waals surface area contributed by atoms with Crippen LogP contribution < -0.4 is 19.5 Å². The second kappa shape index (κ2) is 9.47. The lowest BCUT2D eigenvalue weighted by atomic mass is 10.1. The number of sulfonamides is 1. The third-order valence-corrected chi connectivity index (χ3v) is 5.36. The molecule has 9 heteroatoms. The molecule has 1 amide bonds. The summed E-state index contributed by atoms with van der Waals surface area (Å²) in [5, 5.41) is 3.39. The van der Waals surface area contributed by atoms with Gasteiger partial charge in [0.05, 0.1) is 11.3 Å². The first-order chi connectivity index (χ1) is 13.8. The molecule has 1 heterocycles. The van der Waals surface area contributed by atoms with E-state index in [2.05, 4.69) is 10.0 Å². The highest BCUT2D eigenvalue weighted by Gasteiger charge is 2.16. The van der Waals surface area contributed by atoms with Crippen LogP contribution in [-0.2, 0) is 22.9 Å². The molecule has 2 aromatic carbocycles. The Bertz CT molecular complexity index is 977. The fraction of sp³-hybridized carbons (Fsp3) is 0.350. The monoisotopic (exact) mass is 438 g/mol. The van der Waals surface area contributed by atoms with E-state index in [1.165, 1.54) is 0 Å². The van der Waals surface area contributed by atoms with Crippen LogP contribution in [0.1, 0.15) is 21.5 Å². The summed E-state index contributed by atoms with van der Waals surface area (Å²) in [6.07, 6.45) is 2.29. The average molecular weight is 439 g/mol. The highest BCUT2D eigenvalue weighted by Crippen LogP contribution is 2.38. The van der Waals surface area contributed by atoms with E-state index in [1.54, 1.807) is 12.1 Å². The van der Waals surface area contributed by atoms with Gasteiger partial charge in [0.2, 0.25) is 10.0 Å². The number of nitrogens with one attached hydrogen (secondary N) is 2. The molecular formula is C20H23ClN2O5S. The fourth-order valence-electron chi connectivity index (χ4n) is 2.93. The van der Waals surface area contributed by atoms with Gasteiger partial charge < -0.3 is 14.8 Å². The van der Waals surface area contributed by atoms with Gasteiger partial charge in [-0.2, -0.15) is 0 Å². The van der Waals surface area contributed by atoms with E-state index >= 15 is 0 Å². The molecule has 0 aromatic heterocycles. The standard InChI is InChI=1S/C20H23ClN2O5S/c1-29(25,26)23-9-7-14-2-4-16(5-3-14)20(24)22-8-6-15-12-17(21)19-18(13-15)27-10-11-28-19/h2-5,12-13,23H,6-11H2,1H3,(H,22,24). The number of carbonyl (C=O) groups is 1. The number of hydrogen-bond donors (Lipinski definition) is 2. The lowest BCUT2D eigenvalue weighted by molar-refractivity contribution is 0.0954. The van der Waals surface area contributed by atoms with Gasteiger partial charge in [-0.3, -0.25) is 4.79 Å². The molecule has 3 rings (SSSR count). The largest absolute Gasteiger partial charge is 0.486 e. The first-order valence-corrected chi connectivity index (χ1v) is 11.5. The van der Waals surface area contributed by atoms with Crippen molar-refractivity contribution >= 4 is 27.5 Å². The molecule has 0 spiro atoms. The van der Waals surface area contributed by atoms with Crippen molar-refractivity contribution in [3.8, 4) is 11.5 Å². The Hall–Kier alpha value is -2.29. The Morgan fingerprint density at radius 3 is 2.45 bits per heavy atom. The third-order valence-electron chi connectivity index (χ3n) is 4.35. The molecule has 1 aliphatic rings. The van der Waals surface area contributed by atoms with Gasteiger partial charge in [-0.05, 0) is 48.2 Å². The summed E-state index contributed by atoms with van der Waals surface area (Å²) in [6, 6.07) is 10.8. The van der Waals surface area contributed by atoms with Crippen LogP contribution in [0.5, 0.6) is 11.5 Å². The van der Waals surface area contributed by atoms with E-state index in [9.17, 15) is 13.2 Å². The molecule has 2 aromatic rings. The fourth-order valence-corrected chi connectivity index (χ4v) is 3.70. The van der Waals surface area contributed by atoms with Crippen molar-refractivity contribution in [2.45, 2.75) is 12.8 Å². The second-order valence-electron chi connectivity index (χ2n) is 6.72. The molecule has 0 saturated carbocycles. The Morgan fingerprint density at radius 1 is 1.03 bits per heavy atom. The van der Waals surface area contributed by atoms with Crippen LogP contribution in [0, 0.1) is 0 Å². The summed E-state index contributed by atoms with van der Waals surface area (Å²) in [5.74, 6) is 1.03. The van der Waals surface area contributed by atoms with E-state index in [4.69, 9.17) is 21.1 Å². The van der Waals surface area contributed by atoms with Crippen molar-refractivity contribution in [3.63, 3.8) is 0 Å². The maximum atomic E-state index is 12.3. The summed E-state index contributed by atoms with van der Waals surface area (Å²) in [7, 11) is -3.19. The van der Waals surface area contributed by atoms with Crippen LogP contribution >= 0.6 is 11.6 Å². The molecule has 156 valence electrons. The van der Waals surface area contributed by atoms with Gasteiger partial charge in [0.25, 0.3) is 5.91 Å². The minimum Gasteiger partial charge on any atom is -0.486 e. The average Bonchev–Trinajstić information content (AvgIpc) is 2.67. The van der Waals surface area contributed by atoms with Crippen LogP contribution in [0.15, 0.2) is 36.4 Å². The van der Waals surface area contributed by atoms with Crippen molar-refractivity contribution in [1.82, 2.24) is 10.0 Å². The zero-order chi connectivity index (χ0) is 20.9. The van der Waals surface area contributed by atoms with Crippen molar-refractivity contribution in [1.29, 1.82) is 0 Å². The zero-order valence-electron chi connectivity index (χ0n) is 16.0. The Morgan fingerprint density at radius 2 is 1.72 bits per heavy atom. The quantitative estimate of drug-likeness (QED) is 0.658. The Labute approximate surface area is 175 Å². The van der Waals surface area contributed by atoms with Crippen LogP contribution in [-0.4, -0.2) is 46.9 Å². The van der Waals surface area contributed by atoms with Gasteiger partial charge in [0.15, 0.2) is 11.5 Å². The Balaban J connectivity index is 1.49. The van der Waals surface area contributed by atoms with E-state index in [0.29, 0.717) is 61.2 Å². The normalized spacial score (nSPS) is 13.2.